The number of rotatable bonds is 2. The summed E-state index contributed by atoms with van der Waals surface area (Å²) in [6, 6.07) is 16.5. The maximum Gasteiger partial charge on any atom is 0.166 e. The number of carbonyl (C=O) groups is 1. The first-order valence-electron chi connectivity index (χ1n) is 7.96. The molecule has 116 valence electrons. The van der Waals surface area contributed by atoms with Gasteiger partial charge in [0.15, 0.2) is 5.78 Å². The molecule has 0 amide bonds. The summed E-state index contributed by atoms with van der Waals surface area (Å²) in [5.74, 6) is 0.197. The highest BCUT2D eigenvalue weighted by atomic mass is 16.1. The first kappa shape index (κ1) is 15.3. The number of aryl methyl sites for hydroxylation is 2. The molecule has 0 unspecified atom stereocenters. The van der Waals surface area contributed by atoms with Crippen LogP contribution in [0.1, 0.15) is 28.7 Å². The number of nitrogens with one attached hydrogen (secondary N) is 1. The molecule has 0 aromatic heterocycles. The van der Waals surface area contributed by atoms with Crippen molar-refractivity contribution in [3.8, 4) is 0 Å². The summed E-state index contributed by atoms with van der Waals surface area (Å²) in [5, 5.41) is 3.37. The van der Waals surface area contributed by atoms with Gasteiger partial charge in [-0.2, -0.15) is 0 Å². The molecule has 0 atom stereocenters. The fraction of sp³-hybridized carbons (Fsp3) is 0.190. The Morgan fingerprint density at radius 1 is 0.826 bits per heavy atom. The zero-order valence-corrected chi connectivity index (χ0v) is 13.6. The van der Waals surface area contributed by atoms with Crippen LogP contribution in [0.5, 0.6) is 0 Å². The van der Waals surface area contributed by atoms with Crippen molar-refractivity contribution in [2.75, 3.05) is 6.54 Å². The third-order valence-electron chi connectivity index (χ3n) is 4.03. The van der Waals surface area contributed by atoms with Crippen LogP contribution >= 0.6 is 0 Å². The highest BCUT2D eigenvalue weighted by molar-refractivity contribution is 6.05. The van der Waals surface area contributed by atoms with E-state index in [1.807, 2.05) is 18.2 Å². The SMILES string of the molecule is Cc1ccc(C=C2NCCC(=O)C2=Cc2ccc(C)cc2)cc1. The Hall–Kier alpha value is -2.61. The van der Waals surface area contributed by atoms with Gasteiger partial charge in [-0.15, -0.1) is 0 Å². The second-order valence-electron chi connectivity index (χ2n) is 6.04. The minimum atomic E-state index is 0.197. The van der Waals surface area contributed by atoms with Gasteiger partial charge in [0.1, 0.15) is 0 Å². The van der Waals surface area contributed by atoms with Crippen LogP contribution in [-0.2, 0) is 4.79 Å². The van der Waals surface area contributed by atoms with Crippen LogP contribution < -0.4 is 5.32 Å². The highest BCUT2D eigenvalue weighted by Gasteiger charge is 2.19. The topological polar surface area (TPSA) is 29.1 Å². The van der Waals surface area contributed by atoms with Crippen LogP contribution in [0.4, 0.5) is 0 Å². The van der Waals surface area contributed by atoms with Gasteiger partial charge in [0.2, 0.25) is 0 Å². The lowest BCUT2D eigenvalue weighted by Gasteiger charge is -2.20. The molecule has 0 radical (unpaired) electrons. The molecule has 2 aromatic carbocycles. The molecule has 2 heteroatoms. The van der Waals surface area contributed by atoms with Crippen LogP contribution in [0, 0.1) is 13.8 Å². The molecule has 3 rings (SSSR count). The van der Waals surface area contributed by atoms with E-state index in [0.29, 0.717) is 13.0 Å². The second kappa shape index (κ2) is 6.66. The Labute approximate surface area is 137 Å². The summed E-state index contributed by atoms with van der Waals surface area (Å²) in [6.45, 7) is 4.83. The van der Waals surface area contributed by atoms with Gasteiger partial charge >= 0.3 is 0 Å². The molecule has 23 heavy (non-hydrogen) atoms. The first-order chi connectivity index (χ1) is 11.1. The number of hydrogen-bond donors (Lipinski definition) is 1. The predicted molar refractivity (Wildman–Crippen MR) is 95.9 cm³/mol. The summed E-state index contributed by atoms with van der Waals surface area (Å²) in [4.78, 5) is 12.4. The maximum absolute atomic E-state index is 12.4. The molecule has 1 fully saturated rings. The van der Waals surface area contributed by atoms with Crippen molar-refractivity contribution in [1.82, 2.24) is 5.32 Å². The average molecular weight is 303 g/mol. The largest absolute Gasteiger partial charge is 0.384 e. The summed E-state index contributed by atoms with van der Waals surface area (Å²) >= 11 is 0. The number of ketones is 1. The lowest BCUT2D eigenvalue weighted by Crippen LogP contribution is -2.28. The van der Waals surface area contributed by atoms with Gasteiger partial charge in [-0.25, -0.2) is 0 Å². The molecule has 1 saturated heterocycles. The fourth-order valence-electron chi connectivity index (χ4n) is 2.64. The van der Waals surface area contributed by atoms with E-state index in [9.17, 15) is 4.79 Å². The fourth-order valence-corrected chi connectivity index (χ4v) is 2.64. The molecular formula is C21H21NO. The van der Waals surface area contributed by atoms with Crippen molar-refractivity contribution in [3.05, 3.63) is 82.1 Å². The number of hydrogen-bond acceptors (Lipinski definition) is 2. The summed E-state index contributed by atoms with van der Waals surface area (Å²) in [7, 11) is 0. The van der Waals surface area contributed by atoms with Crippen molar-refractivity contribution in [3.63, 3.8) is 0 Å². The van der Waals surface area contributed by atoms with Crippen molar-refractivity contribution in [2.45, 2.75) is 20.3 Å². The van der Waals surface area contributed by atoms with Crippen molar-refractivity contribution < 1.29 is 4.79 Å². The summed E-state index contributed by atoms with van der Waals surface area (Å²) in [5.41, 5.74) is 6.28. The van der Waals surface area contributed by atoms with Crippen LogP contribution in [-0.4, -0.2) is 12.3 Å². The minimum absolute atomic E-state index is 0.197. The summed E-state index contributed by atoms with van der Waals surface area (Å²) in [6.07, 6.45) is 4.58. The molecule has 1 heterocycles. The third-order valence-corrected chi connectivity index (χ3v) is 4.03. The normalized spacial score (nSPS) is 18.3. The average Bonchev–Trinajstić information content (AvgIpc) is 2.55. The Morgan fingerprint density at radius 2 is 1.35 bits per heavy atom. The molecule has 1 aliphatic heterocycles. The van der Waals surface area contributed by atoms with Crippen molar-refractivity contribution >= 4 is 17.9 Å². The van der Waals surface area contributed by atoms with E-state index in [1.54, 1.807) is 0 Å². The molecule has 1 aliphatic rings. The Morgan fingerprint density at radius 3 is 1.91 bits per heavy atom. The molecule has 0 aliphatic carbocycles. The monoisotopic (exact) mass is 303 g/mol. The lowest BCUT2D eigenvalue weighted by molar-refractivity contribution is -0.115. The number of carbonyl (C=O) groups excluding carboxylic acids is 1. The molecule has 1 N–H and O–H groups in total. The lowest BCUT2D eigenvalue weighted by atomic mass is 9.96. The second-order valence-corrected chi connectivity index (χ2v) is 6.04. The van der Waals surface area contributed by atoms with E-state index in [2.05, 4.69) is 61.6 Å². The highest BCUT2D eigenvalue weighted by Crippen LogP contribution is 2.22. The minimum Gasteiger partial charge on any atom is -0.384 e. The molecule has 0 spiro atoms. The van der Waals surface area contributed by atoms with Gasteiger partial charge in [-0.3, -0.25) is 4.79 Å². The van der Waals surface area contributed by atoms with Gasteiger partial charge < -0.3 is 5.32 Å². The Kier molecular flexibility index (Phi) is 4.42. The van der Waals surface area contributed by atoms with Crippen LogP contribution in [0.3, 0.4) is 0 Å². The smallest absolute Gasteiger partial charge is 0.166 e. The van der Waals surface area contributed by atoms with E-state index in [-0.39, 0.29) is 5.78 Å². The molecule has 2 aromatic rings. The van der Waals surface area contributed by atoms with Crippen molar-refractivity contribution in [1.29, 1.82) is 0 Å². The molecule has 2 nitrogen and oxygen atoms in total. The molecule has 0 saturated carbocycles. The first-order valence-corrected chi connectivity index (χ1v) is 7.96. The zero-order chi connectivity index (χ0) is 16.2. The molecular weight excluding hydrogens is 282 g/mol. The van der Waals surface area contributed by atoms with Gasteiger partial charge in [-0.1, -0.05) is 59.7 Å². The number of Topliss-reactive ketones (excluding diaryl/α,β-unsaturated/α-hetero) is 1. The van der Waals surface area contributed by atoms with Crippen LogP contribution in [0.2, 0.25) is 0 Å². The van der Waals surface area contributed by atoms with Crippen LogP contribution in [0.15, 0.2) is 59.8 Å². The van der Waals surface area contributed by atoms with Gasteiger partial charge in [0.25, 0.3) is 0 Å². The zero-order valence-electron chi connectivity index (χ0n) is 13.6. The Balaban J connectivity index is 1.97. The number of piperidine rings is 1. The van der Waals surface area contributed by atoms with Gasteiger partial charge in [-0.05, 0) is 37.1 Å². The number of benzene rings is 2. The maximum atomic E-state index is 12.4. The quantitative estimate of drug-likeness (QED) is 0.839. The third kappa shape index (κ3) is 3.78. The Bertz CT molecular complexity index is 764. The molecule has 0 bridgehead atoms. The van der Waals surface area contributed by atoms with E-state index >= 15 is 0 Å². The van der Waals surface area contributed by atoms with Gasteiger partial charge in [0, 0.05) is 24.2 Å². The van der Waals surface area contributed by atoms with E-state index in [0.717, 1.165) is 22.4 Å². The van der Waals surface area contributed by atoms with Crippen LogP contribution in [0.25, 0.3) is 12.2 Å². The van der Waals surface area contributed by atoms with Crippen molar-refractivity contribution in [2.24, 2.45) is 0 Å². The van der Waals surface area contributed by atoms with Gasteiger partial charge in [0.05, 0.1) is 0 Å². The predicted octanol–water partition coefficient (Wildman–Crippen LogP) is 4.29. The van der Waals surface area contributed by atoms with E-state index in [1.165, 1.54) is 11.1 Å². The summed E-state index contributed by atoms with van der Waals surface area (Å²) < 4.78 is 0. The van der Waals surface area contributed by atoms with E-state index < -0.39 is 0 Å². The number of allylic oxidation sites excluding steroid dienone is 1. The standard InChI is InChI=1S/C21H21NO/c1-15-3-7-17(8-4-15)13-19-20(22-12-11-21(19)23)14-18-9-5-16(2)6-10-18/h3-10,13-14,22H,11-12H2,1-2H3. The van der Waals surface area contributed by atoms with E-state index in [4.69, 9.17) is 0 Å².